The monoisotopic (exact) mass is 262 g/mol. The molecule has 0 atom stereocenters. The number of carbonyl (C=O) groups is 1. The molecule has 2 aromatic heterocycles. The molecule has 0 saturated carbocycles. The third-order valence-corrected chi connectivity index (χ3v) is 2.33. The second-order valence-electron chi connectivity index (χ2n) is 3.72. The van der Waals surface area contributed by atoms with Gasteiger partial charge in [-0.1, -0.05) is 5.16 Å². The molecule has 7 heteroatoms. The van der Waals surface area contributed by atoms with Gasteiger partial charge in [0.2, 0.25) is 0 Å². The summed E-state index contributed by atoms with van der Waals surface area (Å²) in [5, 5.41) is 6.57. The van der Waals surface area contributed by atoms with E-state index in [-0.39, 0.29) is 6.61 Å². The summed E-state index contributed by atoms with van der Waals surface area (Å²) in [6.45, 7) is 2.39. The van der Waals surface area contributed by atoms with Gasteiger partial charge in [0.1, 0.15) is 11.4 Å². The highest BCUT2D eigenvalue weighted by molar-refractivity contribution is 5.95. The Morgan fingerprint density at radius 2 is 2.42 bits per heavy atom. The molecular weight excluding hydrogens is 248 g/mol. The van der Waals surface area contributed by atoms with E-state index < -0.39 is 5.97 Å². The van der Waals surface area contributed by atoms with Gasteiger partial charge in [-0.3, -0.25) is 0 Å². The highest BCUT2D eigenvalue weighted by Crippen LogP contribution is 2.17. The Balaban J connectivity index is 2.16. The molecule has 2 heterocycles. The molecule has 3 N–H and O–H groups in total. The number of esters is 1. The maximum atomic E-state index is 11.8. The van der Waals surface area contributed by atoms with Gasteiger partial charge in [0.05, 0.1) is 31.2 Å². The van der Waals surface area contributed by atoms with Crippen LogP contribution < -0.4 is 11.1 Å². The number of rotatable bonds is 5. The fourth-order valence-corrected chi connectivity index (χ4v) is 1.49. The molecule has 2 aromatic rings. The molecule has 100 valence electrons. The zero-order valence-corrected chi connectivity index (χ0v) is 10.4. The van der Waals surface area contributed by atoms with Gasteiger partial charge in [-0.15, -0.1) is 0 Å². The first kappa shape index (κ1) is 12.9. The summed E-state index contributed by atoms with van der Waals surface area (Å²) in [6, 6.07) is 3.24. The summed E-state index contributed by atoms with van der Waals surface area (Å²) in [5.41, 5.74) is 6.32. The van der Waals surface area contributed by atoms with Gasteiger partial charge in [0, 0.05) is 6.07 Å². The molecule has 19 heavy (non-hydrogen) atoms. The first-order chi connectivity index (χ1) is 9.20. The van der Waals surface area contributed by atoms with Crippen molar-refractivity contribution in [2.24, 2.45) is 0 Å². The van der Waals surface area contributed by atoms with Crippen molar-refractivity contribution in [2.45, 2.75) is 13.5 Å². The van der Waals surface area contributed by atoms with E-state index in [0.29, 0.717) is 29.4 Å². The van der Waals surface area contributed by atoms with E-state index in [1.54, 1.807) is 19.2 Å². The van der Waals surface area contributed by atoms with Crippen LogP contribution in [0.3, 0.4) is 0 Å². The zero-order chi connectivity index (χ0) is 13.7. The van der Waals surface area contributed by atoms with E-state index in [2.05, 4.69) is 15.5 Å². The number of aromatic nitrogens is 2. The van der Waals surface area contributed by atoms with Crippen LogP contribution in [0, 0.1) is 0 Å². The fraction of sp³-hybridized carbons (Fsp3) is 0.250. The van der Waals surface area contributed by atoms with Gasteiger partial charge < -0.3 is 20.3 Å². The summed E-state index contributed by atoms with van der Waals surface area (Å²) in [5.74, 6) is 0.555. The minimum absolute atomic E-state index is 0.287. The SMILES string of the molecule is CCOC(=O)c1cc(N)cnc1NCc1ccno1. The highest BCUT2D eigenvalue weighted by atomic mass is 16.5. The molecule has 0 radical (unpaired) electrons. The quantitative estimate of drug-likeness (QED) is 0.786. The minimum atomic E-state index is -0.470. The Kier molecular flexibility index (Phi) is 3.97. The van der Waals surface area contributed by atoms with Crippen LogP contribution in [-0.4, -0.2) is 22.7 Å². The second-order valence-corrected chi connectivity index (χ2v) is 3.72. The number of nitrogens with zero attached hydrogens (tertiary/aromatic N) is 2. The Hall–Kier alpha value is -2.57. The summed E-state index contributed by atoms with van der Waals surface area (Å²) >= 11 is 0. The largest absolute Gasteiger partial charge is 0.462 e. The van der Waals surface area contributed by atoms with Gasteiger partial charge >= 0.3 is 5.97 Å². The molecule has 0 aromatic carbocycles. The molecule has 0 spiro atoms. The lowest BCUT2D eigenvalue weighted by atomic mass is 10.2. The molecular formula is C12H14N4O3. The van der Waals surface area contributed by atoms with Crippen molar-refractivity contribution in [1.29, 1.82) is 0 Å². The molecule has 0 unspecified atom stereocenters. The zero-order valence-electron chi connectivity index (χ0n) is 10.4. The molecule has 2 rings (SSSR count). The van der Waals surface area contributed by atoms with Crippen LogP contribution in [-0.2, 0) is 11.3 Å². The van der Waals surface area contributed by atoms with Crippen molar-refractivity contribution < 1.29 is 14.1 Å². The maximum absolute atomic E-state index is 11.8. The van der Waals surface area contributed by atoms with Crippen LogP contribution in [0.15, 0.2) is 29.0 Å². The number of hydrogen-bond donors (Lipinski definition) is 2. The van der Waals surface area contributed by atoms with Crippen molar-refractivity contribution in [1.82, 2.24) is 10.1 Å². The van der Waals surface area contributed by atoms with E-state index in [1.165, 1.54) is 12.3 Å². The standard InChI is InChI=1S/C12H14N4O3/c1-2-18-12(17)10-5-8(13)6-14-11(10)15-7-9-3-4-16-19-9/h3-6H,2,7,13H2,1H3,(H,14,15). The van der Waals surface area contributed by atoms with Crippen LogP contribution >= 0.6 is 0 Å². The third-order valence-electron chi connectivity index (χ3n) is 2.33. The number of hydrogen-bond acceptors (Lipinski definition) is 7. The van der Waals surface area contributed by atoms with Crippen molar-refractivity contribution >= 4 is 17.5 Å². The smallest absolute Gasteiger partial charge is 0.341 e. The number of ether oxygens (including phenoxy) is 1. The van der Waals surface area contributed by atoms with E-state index in [0.717, 1.165) is 0 Å². The maximum Gasteiger partial charge on any atom is 0.341 e. The van der Waals surface area contributed by atoms with Gasteiger partial charge in [-0.2, -0.15) is 0 Å². The van der Waals surface area contributed by atoms with Crippen LogP contribution in [0.2, 0.25) is 0 Å². The topological polar surface area (TPSA) is 103 Å². The van der Waals surface area contributed by atoms with E-state index in [4.69, 9.17) is 15.0 Å². The Morgan fingerprint density at radius 1 is 1.58 bits per heavy atom. The van der Waals surface area contributed by atoms with Crippen molar-refractivity contribution in [3.63, 3.8) is 0 Å². The van der Waals surface area contributed by atoms with Crippen molar-refractivity contribution in [2.75, 3.05) is 17.7 Å². The number of nitrogens with two attached hydrogens (primary N) is 1. The molecule has 0 aliphatic carbocycles. The first-order valence-corrected chi connectivity index (χ1v) is 5.76. The molecule has 7 nitrogen and oxygen atoms in total. The molecule has 0 amide bonds. The van der Waals surface area contributed by atoms with E-state index in [1.807, 2.05) is 0 Å². The van der Waals surface area contributed by atoms with E-state index in [9.17, 15) is 4.79 Å². The van der Waals surface area contributed by atoms with Gasteiger partial charge in [-0.25, -0.2) is 9.78 Å². The molecule has 0 saturated heterocycles. The number of nitrogen functional groups attached to an aromatic ring is 1. The average molecular weight is 262 g/mol. The predicted molar refractivity (Wildman–Crippen MR) is 68.4 cm³/mol. The lowest BCUT2D eigenvalue weighted by Gasteiger charge is -2.09. The lowest BCUT2D eigenvalue weighted by molar-refractivity contribution is 0.0527. The number of pyridine rings is 1. The normalized spacial score (nSPS) is 10.2. The lowest BCUT2D eigenvalue weighted by Crippen LogP contribution is -2.12. The highest BCUT2D eigenvalue weighted by Gasteiger charge is 2.14. The number of anilines is 2. The number of nitrogens with one attached hydrogen (secondary N) is 1. The second kappa shape index (κ2) is 5.85. The summed E-state index contributed by atoms with van der Waals surface area (Å²) in [4.78, 5) is 15.9. The summed E-state index contributed by atoms with van der Waals surface area (Å²) < 4.78 is 9.90. The minimum Gasteiger partial charge on any atom is -0.462 e. The summed E-state index contributed by atoms with van der Waals surface area (Å²) in [7, 11) is 0. The van der Waals surface area contributed by atoms with E-state index >= 15 is 0 Å². The Morgan fingerprint density at radius 3 is 3.11 bits per heavy atom. The van der Waals surface area contributed by atoms with Crippen LogP contribution in [0.1, 0.15) is 23.0 Å². The fourth-order valence-electron chi connectivity index (χ4n) is 1.49. The van der Waals surface area contributed by atoms with Gasteiger partial charge in [0.25, 0.3) is 0 Å². The van der Waals surface area contributed by atoms with Crippen LogP contribution in [0.4, 0.5) is 11.5 Å². The van der Waals surface area contributed by atoms with Crippen LogP contribution in [0.5, 0.6) is 0 Å². The first-order valence-electron chi connectivity index (χ1n) is 5.76. The molecule has 0 fully saturated rings. The predicted octanol–water partition coefficient (Wildman–Crippen LogP) is 1.44. The van der Waals surface area contributed by atoms with Crippen molar-refractivity contribution in [3.05, 3.63) is 35.9 Å². The Bertz CT molecular complexity index is 554. The molecule has 0 bridgehead atoms. The van der Waals surface area contributed by atoms with Gasteiger partial charge in [0.15, 0.2) is 5.76 Å². The molecule has 0 aliphatic heterocycles. The Labute approximate surface area is 109 Å². The average Bonchev–Trinajstić information content (AvgIpc) is 2.90. The third kappa shape index (κ3) is 3.21. The number of carbonyl (C=O) groups excluding carboxylic acids is 1. The van der Waals surface area contributed by atoms with Crippen molar-refractivity contribution in [3.8, 4) is 0 Å². The van der Waals surface area contributed by atoms with Crippen LogP contribution in [0.25, 0.3) is 0 Å². The van der Waals surface area contributed by atoms with Gasteiger partial charge in [-0.05, 0) is 13.0 Å². The summed E-state index contributed by atoms with van der Waals surface area (Å²) in [6.07, 6.45) is 3.01. The molecule has 0 aliphatic rings.